The summed E-state index contributed by atoms with van der Waals surface area (Å²) in [6.45, 7) is 10.6. The van der Waals surface area contributed by atoms with Gasteiger partial charge in [0.15, 0.2) is 5.69 Å². The molecule has 1 aromatic rings. The van der Waals surface area contributed by atoms with Crippen LogP contribution < -0.4 is 0 Å². The van der Waals surface area contributed by atoms with E-state index in [-0.39, 0.29) is 0 Å². The molecular weight excluding hydrogens is 148 g/mol. The van der Waals surface area contributed by atoms with Crippen LogP contribution in [0, 0.1) is 31.8 Å². The second kappa shape index (κ2) is 3.07. The average Bonchev–Trinajstić information content (AvgIpc) is 2.05. The van der Waals surface area contributed by atoms with Crippen LogP contribution in [-0.2, 0) is 0 Å². The van der Waals surface area contributed by atoms with Crippen LogP contribution in [0.4, 0.5) is 5.69 Å². The summed E-state index contributed by atoms with van der Waals surface area (Å²) in [4.78, 5) is 3.32. The summed E-state index contributed by atoms with van der Waals surface area (Å²) in [6.07, 6.45) is 0. The van der Waals surface area contributed by atoms with Gasteiger partial charge in [0, 0.05) is 5.56 Å². The fraction of sp³-hybridized carbons (Fsp3) is 0.200. The number of hydrogen-bond acceptors (Lipinski definition) is 1. The summed E-state index contributed by atoms with van der Waals surface area (Å²) in [7, 11) is 0. The van der Waals surface area contributed by atoms with Crippen LogP contribution in [0.5, 0.6) is 0 Å². The third kappa shape index (κ3) is 1.28. The number of nitrogens with zero attached hydrogens (tertiary/aromatic N) is 2. The highest BCUT2D eigenvalue weighted by molar-refractivity contribution is 5.58. The molecule has 0 aliphatic heterocycles. The highest BCUT2D eigenvalue weighted by Gasteiger charge is 2.02. The summed E-state index contributed by atoms with van der Waals surface area (Å²) in [5.41, 5.74) is 3.02. The second-order valence-corrected chi connectivity index (χ2v) is 2.68. The van der Waals surface area contributed by atoms with Gasteiger partial charge in [-0.1, -0.05) is 6.07 Å². The van der Waals surface area contributed by atoms with Gasteiger partial charge >= 0.3 is 0 Å². The maximum atomic E-state index is 8.68. The molecule has 0 saturated heterocycles. The summed E-state index contributed by atoms with van der Waals surface area (Å²) in [6, 6.07) is 5.56. The smallest absolute Gasteiger partial charge is 0.191 e. The molecule has 2 nitrogen and oxygen atoms in total. The van der Waals surface area contributed by atoms with Gasteiger partial charge in [-0.15, -0.1) is 0 Å². The minimum atomic E-state index is 0.567. The summed E-state index contributed by atoms with van der Waals surface area (Å²) in [5.74, 6) is 0. The first kappa shape index (κ1) is 8.30. The average molecular weight is 156 g/mol. The molecule has 0 aliphatic rings. The van der Waals surface area contributed by atoms with E-state index in [9.17, 15) is 0 Å². The van der Waals surface area contributed by atoms with Crippen LogP contribution in [0.3, 0.4) is 0 Å². The summed E-state index contributed by atoms with van der Waals surface area (Å²) in [5, 5.41) is 8.68. The van der Waals surface area contributed by atoms with Crippen LogP contribution in [0.15, 0.2) is 12.1 Å². The Balaban J connectivity index is 3.42. The van der Waals surface area contributed by atoms with E-state index in [0.29, 0.717) is 11.3 Å². The molecule has 0 saturated carbocycles. The fourth-order valence-electron chi connectivity index (χ4n) is 1.08. The van der Waals surface area contributed by atoms with E-state index in [2.05, 4.69) is 10.9 Å². The van der Waals surface area contributed by atoms with Crippen molar-refractivity contribution < 1.29 is 0 Å². The van der Waals surface area contributed by atoms with Gasteiger partial charge < -0.3 is 0 Å². The van der Waals surface area contributed by atoms with Gasteiger partial charge in [0.1, 0.15) is 0 Å². The molecule has 0 aliphatic carbocycles. The standard InChI is InChI=1S/C10H8N2/c1-7-4-8(2)10(12-3)5-9(7)6-11/h4-5H,1-2H3. The molecule has 0 radical (unpaired) electrons. The van der Waals surface area contributed by atoms with Gasteiger partial charge in [-0.2, -0.15) is 5.26 Å². The minimum absolute atomic E-state index is 0.567. The molecule has 0 heterocycles. The van der Waals surface area contributed by atoms with Crippen molar-refractivity contribution in [3.63, 3.8) is 0 Å². The van der Waals surface area contributed by atoms with Gasteiger partial charge in [0.05, 0.1) is 12.6 Å². The maximum absolute atomic E-state index is 8.68. The van der Waals surface area contributed by atoms with E-state index >= 15 is 0 Å². The lowest BCUT2D eigenvalue weighted by molar-refractivity contribution is 1.35. The van der Waals surface area contributed by atoms with Gasteiger partial charge in [-0.25, -0.2) is 4.85 Å². The number of aryl methyl sites for hydroxylation is 2. The molecule has 0 bridgehead atoms. The quantitative estimate of drug-likeness (QED) is 0.531. The third-order valence-electron chi connectivity index (χ3n) is 1.78. The van der Waals surface area contributed by atoms with Gasteiger partial charge in [-0.3, -0.25) is 0 Å². The van der Waals surface area contributed by atoms with E-state index < -0.39 is 0 Å². The van der Waals surface area contributed by atoms with Gasteiger partial charge in [0.2, 0.25) is 0 Å². The SMILES string of the molecule is [C-]#[N+]c1cc(C#N)c(C)cc1C. The molecule has 1 aromatic carbocycles. The molecule has 0 fully saturated rings. The van der Waals surface area contributed by atoms with Crippen molar-refractivity contribution in [1.29, 1.82) is 5.26 Å². The van der Waals surface area contributed by atoms with Crippen LogP contribution in [0.2, 0.25) is 0 Å². The van der Waals surface area contributed by atoms with Crippen molar-refractivity contribution in [3.05, 3.63) is 40.2 Å². The minimum Gasteiger partial charge on any atom is -0.238 e. The Kier molecular flexibility index (Phi) is 2.12. The van der Waals surface area contributed by atoms with Crippen molar-refractivity contribution in [2.24, 2.45) is 0 Å². The lowest BCUT2D eigenvalue weighted by Gasteiger charge is -2.00. The molecule has 0 unspecified atom stereocenters. The Hall–Kier alpha value is -1.80. The molecule has 0 spiro atoms. The normalized spacial score (nSPS) is 8.67. The zero-order chi connectivity index (χ0) is 9.14. The molecule has 12 heavy (non-hydrogen) atoms. The van der Waals surface area contributed by atoms with E-state index in [1.165, 1.54) is 0 Å². The van der Waals surface area contributed by atoms with Gasteiger partial charge in [-0.05, 0) is 31.0 Å². The molecular formula is C10H8N2. The predicted molar refractivity (Wildman–Crippen MR) is 46.9 cm³/mol. The summed E-state index contributed by atoms with van der Waals surface area (Å²) >= 11 is 0. The van der Waals surface area contributed by atoms with E-state index in [0.717, 1.165) is 11.1 Å². The molecule has 0 atom stereocenters. The summed E-state index contributed by atoms with van der Waals surface area (Å²) < 4.78 is 0. The zero-order valence-corrected chi connectivity index (χ0v) is 7.05. The number of benzene rings is 1. The van der Waals surface area contributed by atoms with E-state index in [1.54, 1.807) is 6.07 Å². The molecule has 1 rings (SSSR count). The van der Waals surface area contributed by atoms with Crippen LogP contribution in [-0.4, -0.2) is 0 Å². The van der Waals surface area contributed by atoms with Crippen molar-refractivity contribution in [2.75, 3.05) is 0 Å². The Labute approximate surface area is 71.9 Å². The molecule has 2 heteroatoms. The Morgan fingerprint density at radius 2 is 2.00 bits per heavy atom. The predicted octanol–water partition coefficient (Wildman–Crippen LogP) is 2.73. The molecule has 0 aromatic heterocycles. The Morgan fingerprint density at radius 3 is 2.50 bits per heavy atom. The van der Waals surface area contributed by atoms with Crippen molar-refractivity contribution in [1.82, 2.24) is 0 Å². The zero-order valence-electron chi connectivity index (χ0n) is 7.05. The highest BCUT2D eigenvalue weighted by Crippen LogP contribution is 2.22. The fourth-order valence-corrected chi connectivity index (χ4v) is 1.08. The monoisotopic (exact) mass is 156 g/mol. The molecule has 58 valence electrons. The number of rotatable bonds is 0. The van der Waals surface area contributed by atoms with Crippen LogP contribution in [0.25, 0.3) is 4.85 Å². The van der Waals surface area contributed by atoms with E-state index in [4.69, 9.17) is 11.8 Å². The topological polar surface area (TPSA) is 28.1 Å². The molecule has 0 N–H and O–H groups in total. The van der Waals surface area contributed by atoms with Crippen molar-refractivity contribution >= 4 is 5.69 Å². The Morgan fingerprint density at radius 1 is 1.33 bits per heavy atom. The first-order valence-corrected chi connectivity index (χ1v) is 3.58. The second-order valence-electron chi connectivity index (χ2n) is 2.68. The largest absolute Gasteiger partial charge is 0.238 e. The Bertz CT molecular complexity index is 356. The lowest BCUT2D eigenvalue weighted by Crippen LogP contribution is -1.83. The van der Waals surface area contributed by atoms with Crippen molar-refractivity contribution in [3.8, 4) is 6.07 Å². The number of nitriles is 1. The highest BCUT2D eigenvalue weighted by atomic mass is 14.6. The molecule has 0 amide bonds. The first-order valence-electron chi connectivity index (χ1n) is 3.58. The maximum Gasteiger partial charge on any atom is 0.191 e. The number of hydrogen-bond donors (Lipinski definition) is 0. The lowest BCUT2D eigenvalue weighted by atomic mass is 10.1. The van der Waals surface area contributed by atoms with E-state index in [1.807, 2.05) is 19.9 Å². The third-order valence-corrected chi connectivity index (χ3v) is 1.78. The van der Waals surface area contributed by atoms with Gasteiger partial charge in [0.25, 0.3) is 0 Å². The first-order chi connectivity index (χ1) is 5.69. The van der Waals surface area contributed by atoms with Crippen LogP contribution >= 0.6 is 0 Å². The van der Waals surface area contributed by atoms with Crippen LogP contribution in [0.1, 0.15) is 16.7 Å². The van der Waals surface area contributed by atoms with Crippen molar-refractivity contribution in [2.45, 2.75) is 13.8 Å².